The third-order valence-corrected chi connectivity index (χ3v) is 10.8. The maximum Gasteiger partial charge on any atom is 0.0543 e. The number of hydrogen-bond acceptors (Lipinski definition) is 1. The molecule has 0 aliphatic heterocycles. The van der Waals surface area contributed by atoms with E-state index in [9.17, 15) is 0 Å². The van der Waals surface area contributed by atoms with Gasteiger partial charge < -0.3 is 4.90 Å². The second-order valence-corrected chi connectivity index (χ2v) is 15.3. The predicted octanol–water partition coefficient (Wildman–Crippen LogP) is 15.4. The fraction of sp³-hybridized carbons (Fsp3) is 0.0741. The number of rotatable bonds is 7. The molecule has 0 amide bonds. The Bertz CT molecular complexity index is 2780. The maximum absolute atomic E-state index is 2.54. The molecular formula is C54H43N. The van der Waals surface area contributed by atoms with Crippen LogP contribution in [0.3, 0.4) is 0 Å². The topological polar surface area (TPSA) is 3.24 Å². The molecule has 0 heterocycles. The van der Waals surface area contributed by atoms with Crippen LogP contribution in [0.5, 0.6) is 0 Å². The van der Waals surface area contributed by atoms with E-state index in [1.54, 1.807) is 0 Å². The van der Waals surface area contributed by atoms with E-state index < -0.39 is 0 Å². The molecule has 0 saturated carbocycles. The maximum atomic E-state index is 2.54. The Balaban J connectivity index is 1.40. The van der Waals surface area contributed by atoms with Gasteiger partial charge >= 0.3 is 0 Å². The first-order valence-electron chi connectivity index (χ1n) is 19.2. The van der Waals surface area contributed by atoms with Gasteiger partial charge in [0.15, 0.2) is 0 Å². The van der Waals surface area contributed by atoms with Crippen LogP contribution in [0.2, 0.25) is 0 Å². The van der Waals surface area contributed by atoms with Crippen molar-refractivity contribution in [3.05, 3.63) is 212 Å². The third-order valence-electron chi connectivity index (χ3n) is 10.8. The van der Waals surface area contributed by atoms with Crippen molar-refractivity contribution < 1.29 is 0 Å². The van der Waals surface area contributed by atoms with Crippen LogP contribution >= 0.6 is 0 Å². The van der Waals surface area contributed by atoms with E-state index in [1.807, 2.05) is 0 Å². The molecule has 0 bridgehead atoms. The lowest BCUT2D eigenvalue weighted by Crippen LogP contribution is -2.16. The van der Waals surface area contributed by atoms with Gasteiger partial charge in [0.1, 0.15) is 0 Å². The van der Waals surface area contributed by atoms with Crippen molar-refractivity contribution in [3.8, 4) is 44.5 Å². The Morgan fingerprint density at radius 2 is 0.800 bits per heavy atom. The molecule has 264 valence electrons. The van der Waals surface area contributed by atoms with Crippen LogP contribution in [0.15, 0.2) is 206 Å². The van der Waals surface area contributed by atoms with Gasteiger partial charge in [0.25, 0.3) is 0 Å². The van der Waals surface area contributed by atoms with Crippen LogP contribution in [-0.4, -0.2) is 0 Å². The first-order chi connectivity index (χ1) is 27.0. The Morgan fingerprint density at radius 3 is 1.45 bits per heavy atom. The Hall–Kier alpha value is -6.70. The SMILES string of the molecule is CC(C)(C)c1ccc(-c2ccccc2)c(N(c2ccccc2-c2cccc3ccccc23)c2ccccc2-c2cccc3cccc(-c4ccccc4)c23)c1. The van der Waals surface area contributed by atoms with E-state index in [1.165, 1.54) is 71.6 Å². The highest BCUT2D eigenvalue weighted by Crippen LogP contribution is 2.50. The predicted molar refractivity (Wildman–Crippen MR) is 237 cm³/mol. The highest BCUT2D eigenvalue weighted by Gasteiger charge is 2.26. The van der Waals surface area contributed by atoms with Gasteiger partial charge in [0.2, 0.25) is 0 Å². The Morgan fingerprint density at radius 1 is 0.327 bits per heavy atom. The number of nitrogens with zero attached hydrogens (tertiary/aromatic N) is 1. The lowest BCUT2D eigenvalue weighted by molar-refractivity contribution is 0.590. The second-order valence-electron chi connectivity index (χ2n) is 15.3. The number of anilines is 3. The van der Waals surface area contributed by atoms with Gasteiger partial charge in [0, 0.05) is 16.7 Å². The van der Waals surface area contributed by atoms with E-state index in [2.05, 4.69) is 232 Å². The molecule has 1 heteroatoms. The van der Waals surface area contributed by atoms with Crippen molar-refractivity contribution in [3.63, 3.8) is 0 Å². The lowest BCUT2D eigenvalue weighted by atomic mass is 9.85. The molecule has 9 rings (SSSR count). The minimum absolute atomic E-state index is 0.0650. The van der Waals surface area contributed by atoms with E-state index in [0.29, 0.717) is 0 Å². The standard InChI is InChI=1S/C54H43N/c1-54(2,3)42-35-36-44(39-19-6-4-7-20-39)52(37-42)55(50-33-14-12-28-47(50)46-31-16-24-38-23-10-11-27-43(38)46)51-34-15-13-29-48(51)49-32-18-26-41-25-17-30-45(53(41)49)40-21-8-5-9-22-40/h4-37H,1-3H3. The van der Waals surface area contributed by atoms with Crippen molar-refractivity contribution >= 4 is 38.6 Å². The van der Waals surface area contributed by atoms with Crippen molar-refractivity contribution in [2.45, 2.75) is 26.2 Å². The number of benzene rings is 9. The second kappa shape index (κ2) is 14.3. The van der Waals surface area contributed by atoms with Crippen LogP contribution in [0.25, 0.3) is 66.1 Å². The van der Waals surface area contributed by atoms with Crippen LogP contribution < -0.4 is 4.90 Å². The molecule has 0 aliphatic carbocycles. The van der Waals surface area contributed by atoms with Crippen molar-refractivity contribution in [1.29, 1.82) is 0 Å². The average molecular weight is 706 g/mol. The summed E-state index contributed by atoms with van der Waals surface area (Å²) in [5.74, 6) is 0. The van der Waals surface area contributed by atoms with E-state index in [0.717, 1.165) is 17.1 Å². The summed E-state index contributed by atoms with van der Waals surface area (Å²) in [6.45, 7) is 6.91. The first kappa shape index (κ1) is 34.1. The summed E-state index contributed by atoms with van der Waals surface area (Å²) >= 11 is 0. The molecule has 0 spiro atoms. The monoisotopic (exact) mass is 705 g/mol. The highest BCUT2D eigenvalue weighted by molar-refractivity contribution is 6.10. The molecule has 0 radical (unpaired) electrons. The van der Waals surface area contributed by atoms with Crippen molar-refractivity contribution in [2.75, 3.05) is 4.90 Å². The van der Waals surface area contributed by atoms with Crippen molar-refractivity contribution in [2.24, 2.45) is 0 Å². The summed E-state index contributed by atoms with van der Waals surface area (Å²) in [4.78, 5) is 2.54. The van der Waals surface area contributed by atoms with Gasteiger partial charge in [-0.3, -0.25) is 0 Å². The summed E-state index contributed by atoms with van der Waals surface area (Å²) in [6, 6.07) is 75.4. The molecule has 9 aromatic rings. The zero-order chi connectivity index (χ0) is 37.4. The average Bonchev–Trinajstić information content (AvgIpc) is 3.24. The van der Waals surface area contributed by atoms with Crippen LogP contribution in [0, 0.1) is 0 Å². The van der Waals surface area contributed by atoms with Gasteiger partial charge in [-0.15, -0.1) is 0 Å². The molecule has 0 fully saturated rings. The molecular weight excluding hydrogens is 663 g/mol. The number of para-hydroxylation sites is 2. The fourth-order valence-electron chi connectivity index (χ4n) is 8.11. The van der Waals surface area contributed by atoms with Gasteiger partial charge in [-0.2, -0.15) is 0 Å². The van der Waals surface area contributed by atoms with Crippen LogP contribution in [0.4, 0.5) is 17.1 Å². The molecule has 0 aromatic heterocycles. The molecule has 0 saturated heterocycles. The summed E-state index contributed by atoms with van der Waals surface area (Å²) in [7, 11) is 0. The molecule has 55 heavy (non-hydrogen) atoms. The quantitative estimate of drug-likeness (QED) is 0.160. The summed E-state index contributed by atoms with van der Waals surface area (Å²) in [5, 5.41) is 4.93. The smallest absolute Gasteiger partial charge is 0.0543 e. The van der Waals surface area contributed by atoms with E-state index >= 15 is 0 Å². The molecule has 0 N–H and O–H groups in total. The summed E-state index contributed by atoms with van der Waals surface area (Å²) < 4.78 is 0. The molecule has 1 nitrogen and oxygen atoms in total. The van der Waals surface area contributed by atoms with Gasteiger partial charge in [-0.1, -0.05) is 209 Å². The summed E-state index contributed by atoms with van der Waals surface area (Å²) in [5.41, 5.74) is 14.2. The van der Waals surface area contributed by atoms with Crippen LogP contribution in [-0.2, 0) is 5.41 Å². The van der Waals surface area contributed by atoms with Crippen LogP contribution in [0.1, 0.15) is 26.3 Å². The van der Waals surface area contributed by atoms with Gasteiger partial charge in [-0.05, 0) is 78.5 Å². The molecule has 0 aliphatic rings. The minimum atomic E-state index is -0.0650. The zero-order valence-electron chi connectivity index (χ0n) is 31.6. The van der Waals surface area contributed by atoms with Gasteiger partial charge in [0.05, 0.1) is 17.1 Å². The van der Waals surface area contributed by atoms with Crippen molar-refractivity contribution in [1.82, 2.24) is 0 Å². The third kappa shape index (κ3) is 6.38. The normalized spacial score (nSPS) is 11.5. The zero-order valence-corrected chi connectivity index (χ0v) is 31.6. The fourth-order valence-corrected chi connectivity index (χ4v) is 8.11. The number of hydrogen-bond donors (Lipinski definition) is 0. The van der Waals surface area contributed by atoms with Gasteiger partial charge in [-0.25, -0.2) is 0 Å². The highest BCUT2D eigenvalue weighted by atomic mass is 15.1. The minimum Gasteiger partial charge on any atom is -0.309 e. The summed E-state index contributed by atoms with van der Waals surface area (Å²) in [6.07, 6.45) is 0. The Labute approximate surface area is 324 Å². The first-order valence-corrected chi connectivity index (χ1v) is 19.2. The molecule has 9 aromatic carbocycles. The van der Waals surface area contributed by atoms with E-state index in [-0.39, 0.29) is 5.41 Å². The molecule has 0 unspecified atom stereocenters. The molecule has 0 atom stereocenters. The number of fused-ring (bicyclic) bond motifs is 2. The largest absolute Gasteiger partial charge is 0.309 e. The Kier molecular flexibility index (Phi) is 8.84. The van der Waals surface area contributed by atoms with E-state index in [4.69, 9.17) is 0 Å². The lowest BCUT2D eigenvalue weighted by Gasteiger charge is -2.33.